The maximum absolute atomic E-state index is 12.2. The van der Waals surface area contributed by atoms with E-state index in [0.29, 0.717) is 35.9 Å². The number of hydrogen-bond acceptors (Lipinski definition) is 7. The Balaban J connectivity index is 1.32. The predicted octanol–water partition coefficient (Wildman–Crippen LogP) is 2.84. The van der Waals surface area contributed by atoms with Crippen LogP contribution in [0.5, 0.6) is 5.75 Å². The summed E-state index contributed by atoms with van der Waals surface area (Å²) in [4.78, 5) is 28.6. The van der Waals surface area contributed by atoms with Crippen LogP contribution >= 0.6 is 0 Å². The van der Waals surface area contributed by atoms with Crippen LogP contribution in [0.2, 0.25) is 0 Å². The first kappa shape index (κ1) is 18.7. The number of ether oxygens (including phenoxy) is 2. The molecule has 0 fully saturated rings. The summed E-state index contributed by atoms with van der Waals surface area (Å²) in [6, 6.07) is 13.9. The van der Waals surface area contributed by atoms with Crippen LogP contribution in [0, 0.1) is 6.92 Å². The molecule has 1 aliphatic rings. The molecule has 2 aromatic carbocycles. The zero-order valence-electron chi connectivity index (χ0n) is 15.8. The number of hydrogen-bond donors (Lipinski definition) is 1. The predicted molar refractivity (Wildman–Crippen MR) is 102 cm³/mol. The van der Waals surface area contributed by atoms with Crippen molar-refractivity contribution in [1.82, 2.24) is 15.5 Å². The van der Waals surface area contributed by atoms with E-state index in [9.17, 15) is 9.59 Å². The highest BCUT2D eigenvalue weighted by Gasteiger charge is 2.23. The zero-order chi connectivity index (χ0) is 20.2. The Morgan fingerprint density at radius 3 is 2.72 bits per heavy atom. The fraction of sp³-hybridized carbons (Fsp3) is 0.238. The van der Waals surface area contributed by atoms with Gasteiger partial charge in [0.2, 0.25) is 0 Å². The van der Waals surface area contributed by atoms with Gasteiger partial charge in [-0.2, -0.15) is 4.98 Å². The van der Waals surface area contributed by atoms with Crippen LogP contribution in [0.4, 0.5) is 0 Å². The molecule has 1 aromatic heterocycles. The van der Waals surface area contributed by atoms with Gasteiger partial charge in [-0.25, -0.2) is 4.79 Å². The molecule has 0 spiro atoms. The van der Waals surface area contributed by atoms with Crippen molar-refractivity contribution in [3.05, 3.63) is 65.5 Å². The van der Waals surface area contributed by atoms with Gasteiger partial charge in [-0.05, 0) is 37.3 Å². The Morgan fingerprint density at radius 2 is 1.97 bits per heavy atom. The van der Waals surface area contributed by atoms with Crippen LogP contribution in [0.3, 0.4) is 0 Å². The quantitative estimate of drug-likeness (QED) is 0.665. The molecule has 0 unspecified atom stereocenters. The largest absolute Gasteiger partial charge is 0.493 e. The maximum Gasteiger partial charge on any atom is 0.338 e. The third-order valence-electron chi connectivity index (χ3n) is 4.52. The average Bonchev–Trinajstić information content (AvgIpc) is 3.19. The van der Waals surface area contributed by atoms with Crippen LogP contribution in [-0.2, 0) is 9.53 Å². The second kappa shape index (κ2) is 8.14. The van der Waals surface area contributed by atoms with Crippen LogP contribution < -0.4 is 10.1 Å². The number of fused-ring (bicyclic) bond motifs is 1. The smallest absolute Gasteiger partial charge is 0.338 e. The Labute approximate surface area is 166 Å². The van der Waals surface area contributed by atoms with E-state index in [2.05, 4.69) is 15.5 Å². The number of esters is 1. The standard InChI is InChI=1S/C21H19N3O5/c1-13-22-20(29-24-13)14-6-8-15(9-7-14)21(26)28-12-19(25)23-17-10-11-27-18-5-3-2-4-16(17)18/h2-9,17H,10-12H2,1H3,(H,23,25)/t17-/m1/s1. The van der Waals surface area contributed by atoms with Crippen LogP contribution in [-0.4, -0.2) is 35.2 Å². The summed E-state index contributed by atoms with van der Waals surface area (Å²) in [6.45, 7) is 1.89. The summed E-state index contributed by atoms with van der Waals surface area (Å²) in [5, 5.41) is 6.62. The van der Waals surface area contributed by atoms with Crippen molar-refractivity contribution in [2.75, 3.05) is 13.2 Å². The van der Waals surface area contributed by atoms with E-state index in [1.54, 1.807) is 31.2 Å². The number of carbonyl (C=O) groups excluding carboxylic acids is 2. The van der Waals surface area contributed by atoms with E-state index in [1.807, 2.05) is 24.3 Å². The van der Waals surface area contributed by atoms with Gasteiger partial charge in [-0.15, -0.1) is 0 Å². The van der Waals surface area contributed by atoms with Crippen LogP contribution in [0.15, 0.2) is 53.1 Å². The molecular weight excluding hydrogens is 374 g/mol. The highest BCUT2D eigenvalue weighted by Crippen LogP contribution is 2.31. The van der Waals surface area contributed by atoms with Crippen molar-refractivity contribution >= 4 is 11.9 Å². The molecule has 1 atom stereocenters. The van der Waals surface area contributed by atoms with E-state index in [4.69, 9.17) is 14.0 Å². The van der Waals surface area contributed by atoms with Gasteiger partial charge < -0.3 is 19.3 Å². The van der Waals surface area contributed by atoms with Gasteiger partial charge in [0.1, 0.15) is 5.75 Å². The van der Waals surface area contributed by atoms with Gasteiger partial charge >= 0.3 is 5.97 Å². The lowest BCUT2D eigenvalue weighted by Gasteiger charge is -2.26. The number of carbonyl (C=O) groups is 2. The molecule has 0 radical (unpaired) electrons. The molecule has 148 valence electrons. The Bertz CT molecular complexity index is 1030. The van der Waals surface area contributed by atoms with Gasteiger partial charge in [0.25, 0.3) is 11.8 Å². The minimum atomic E-state index is -0.583. The molecule has 8 heteroatoms. The summed E-state index contributed by atoms with van der Waals surface area (Å²) in [5.74, 6) is 0.719. The Kier molecular flexibility index (Phi) is 5.24. The molecule has 0 saturated carbocycles. The number of aryl methyl sites for hydroxylation is 1. The van der Waals surface area contributed by atoms with E-state index in [0.717, 1.165) is 11.3 Å². The number of para-hydroxylation sites is 1. The summed E-state index contributed by atoms with van der Waals surface area (Å²) in [6.07, 6.45) is 0.660. The molecule has 3 aromatic rings. The molecule has 0 bridgehead atoms. The normalized spacial score (nSPS) is 15.1. The lowest BCUT2D eigenvalue weighted by atomic mass is 10.0. The molecule has 1 aliphatic heterocycles. The van der Waals surface area contributed by atoms with Gasteiger partial charge in [0, 0.05) is 17.5 Å². The topological polar surface area (TPSA) is 104 Å². The summed E-state index contributed by atoms with van der Waals surface area (Å²) >= 11 is 0. The molecule has 8 nitrogen and oxygen atoms in total. The average molecular weight is 393 g/mol. The number of nitrogens with zero attached hydrogens (tertiary/aromatic N) is 2. The fourth-order valence-electron chi connectivity index (χ4n) is 3.11. The van der Waals surface area contributed by atoms with Crippen molar-refractivity contribution in [3.8, 4) is 17.2 Å². The maximum atomic E-state index is 12.2. The molecule has 4 rings (SSSR count). The number of amides is 1. The third kappa shape index (κ3) is 4.26. The molecule has 29 heavy (non-hydrogen) atoms. The first-order valence-corrected chi connectivity index (χ1v) is 9.19. The van der Waals surface area contributed by atoms with Gasteiger partial charge in [-0.3, -0.25) is 4.79 Å². The van der Waals surface area contributed by atoms with Crippen molar-refractivity contribution in [2.24, 2.45) is 0 Å². The number of nitrogens with one attached hydrogen (secondary N) is 1. The second-order valence-electron chi connectivity index (χ2n) is 6.60. The number of aromatic nitrogens is 2. The summed E-state index contributed by atoms with van der Waals surface area (Å²) in [7, 11) is 0. The lowest BCUT2D eigenvalue weighted by molar-refractivity contribution is -0.125. The highest BCUT2D eigenvalue weighted by atomic mass is 16.5. The summed E-state index contributed by atoms with van der Waals surface area (Å²) in [5.41, 5.74) is 1.94. The molecule has 1 N–H and O–H groups in total. The zero-order valence-corrected chi connectivity index (χ0v) is 15.8. The minimum Gasteiger partial charge on any atom is -0.493 e. The van der Waals surface area contributed by atoms with Gasteiger partial charge in [0.05, 0.1) is 18.2 Å². The van der Waals surface area contributed by atoms with Crippen molar-refractivity contribution in [1.29, 1.82) is 0 Å². The SMILES string of the molecule is Cc1noc(-c2ccc(C(=O)OCC(=O)N[C@@H]3CCOc4ccccc43)cc2)n1. The van der Waals surface area contributed by atoms with E-state index < -0.39 is 5.97 Å². The summed E-state index contributed by atoms with van der Waals surface area (Å²) < 4.78 is 15.8. The van der Waals surface area contributed by atoms with Crippen LogP contribution in [0.1, 0.15) is 34.2 Å². The van der Waals surface area contributed by atoms with Crippen molar-refractivity contribution < 1.29 is 23.6 Å². The highest BCUT2D eigenvalue weighted by molar-refractivity contribution is 5.91. The van der Waals surface area contributed by atoms with E-state index in [1.165, 1.54) is 0 Å². The molecule has 2 heterocycles. The molecular formula is C21H19N3O5. The van der Waals surface area contributed by atoms with Gasteiger partial charge in [-0.1, -0.05) is 23.4 Å². The Hall–Kier alpha value is -3.68. The number of rotatable bonds is 5. The minimum absolute atomic E-state index is 0.164. The van der Waals surface area contributed by atoms with E-state index >= 15 is 0 Å². The molecule has 0 aliphatic carbocycles. The monoisotopic (exact) mass is 393 g/mol. The Morgan fingerprint density at radius 1 is 1.17 bits per heavy atom. The third-order valence-corrected chi connectivity index (χ3v) is 4.52. The van der Waals surface area contributed by atoms with Crippen molar-refractivity contribution in [2.45, 2.75) is 19.4 Å². The fourth-order valence-corrected chi connectivity index (χ4v) is 3.11. The first-order chi connectivity index (χ1) is 14.1. The van der Waals surface area contributed by atoms with Gasteiger partial charge in [0.15, 0.2) is 12.4 Å². The lowest BCUT2D eigenvalue weighted by Crippen LogP contribution is -2.35. The molecule has 0 saturated heterocycles. The second-order valence-corrected chi connectivity index (χ2v) is 6.60. The van der Waals surface area contributed by atoms with Crippen molar-refractivity contribution in [3.63, 3.8) is 0 Å². The first-order valence-electron chi connectivity index (χ1n) is 9.19. The molecule has 1 amide bonds. The number of benzene rings is 2. The van der Waals surface area contributed by atoms with Crippen LogP contribution in [0.25, 0.3) is 11.5 Å². The van der Waals surface area contributed by atoms with E-state index in [-0.39, 0.29) is 18.6 Å².